The summed E-state index contributed by atoms with van der Waals surface area (Å²) in [5, 5.41) is 15.6. The zero-order chi connectivity index (χ0) is 18.3. The quantitative estimate of drug-likeness (QED) is 0.895. The molecule has 1 aromatic heterocycles. The molecule has 2 aliphatic rings. The van der Waals surface area contributed by atoms with Gasteiger partial charge in [0.2, 0.25) is 0 Å². The van der Waals surface area contributed by atoms with Crippen molar-refractivity contribution in [2.24, 2.45) is 11.8 Å². The molecule has 26 heavy (non-hydrogen) atoms. The van der Waals surface area contributed by atoms with Gasteiger partial charge in [-0.25, -0.2) is 4.68 Å². The SMILES string of the molecule is CC[C@]1(O)CCC[C@H]2CN(C(=O)c3cc(-n4cccn4)ccc3Cl)C[C@H]21. The van der Waals surface area contributed by atoms with E-state index in [2.05, 4.69) is 5.10 Å². The van der Waals surface area contributed by atoms with E-state index in [1.54, 1.807) is 23.0 Å². The summed E-state index contributed by atoms with van der Waals surface area (Å²) in [6, 6.07) is 7.24. The third kappa shape index (κ3) is 2.93. The first-order chi connectivity index (χ1) is 12.5. The Balaban J connectivity index is 1.60. The fourth-order valence-corrected chi connectivity index (χ4v) is 4.84. The summed E-state index contributed by atoms with van der Waals surface area (Å²) >= 11 is 6.34. The van der Waals surface area contributed by atoms with E-state index in [-0.39, 0.29) is 11.8 Å². The van der Waals surface area contributed by atoms with E-state index in [1.165, 1.54) is 0 Å². The number of rotatable bonds is 3. The molecule has 4 rings (SSSR count). The maximum absolute atomic E-state index is 13.2. The van der Waals surface area contributed by atoms with E-state index in [0.717, 1.165) is 31.4 Å². The summed E-state index contributed by atoms with van der Waals surface area (Å²) in [7, 11) is 0. The number of carbonyl (C=O) groups excluding carboxylic acids is 1. The highest BCUT2D eigenvalue weighted by Crippen LogP contribution is 2.44. The van der Waals surface area contributed by atoms with Crippen LogP contribution in [0.1, 0.15) is 43.0 Å². The summed E-state index contributed by atoms with van der Waals surface area (Å²) in [6.07, 6.45) is 7.23. The molecule has 2 aromatic rings. The normalized spacial score (nSPS) is 28.2. The van der Waals surface area contributed by atoms with Gasteiger partial charge in [0.25, 0.3) is 5.91 Å². The monoisotopic (exact) mass is 373 g/mol. The van der Waals surface area contributed by atoms with Crippen LogP contribution >= 0.6 is 11.6 Å². The summed E-state index contributed by atoms with van der Waals surface area (Å²) in [4.78, 5) is 15.0. The number of halogens is 1. The molecule has 1 aliphatic carbocycles. The first kappa shape index (κ1) is 17.6. The van der Waals surface area contributed by atoms with Crippen molar-refractivity contribution < 1.29 is 9.90 Å². The Morgan fingerprint density at radius 1 is 1.42 bits per heavy atom. The predicted molar refractivity (Wildman–Crippen MR) is 101 cm³/mol. The second-order valence-corrected chi connectivity index (χ2v) is 7.95. The first-order valence-corrected chi connectivity index (χ1v) is 9.71. The Morgan fingerprint density at radius 2 is 2.27 bits per heavy atom. The number of fused-ring (bicyclic) bond motifs is 1. The topological polar surface area (TPSA) is 58.4 Å². The second-order valence-electron chi connectivity index (χ2n) is 7.54. The summed E-state index contributed by atoms with van der Waals surface area (Å²) in [5.41, 5.74) is 0.668. The van der Waals surface area contributed by atoms with Crippen molar-refractivity contribution in [3.8, 4) is 5.69 Å². The van der Waals surface area contributed by atoms with E-state index < -0.39 is 5.60 Å². The third-order valence-corrected chi connectivity index (χ3v) is 6.49. The van der Waals surface area contributed by atoms with Crippen LogP contribution in [0.25, 0.3) is 5.69 Å². The average Bonchev–Trinajstić information content (AvgIpc) is 3.32. The van der Waals surface area contributed by atoms with Crippen molar-refractivity contribution in [2.75, 3.05) is 13.1 Å². The van der Waals surface area contributed by atoms with E-state index in [9.17, 15) is 9.90 Å². The largest absolute Gasteiger partial charge is 0.390 e. The first-order valence-electron chi connectivity index (χ1n) is 9.33. The maximum atomic E-state index is 13.2. The van der Waals surface area contributed by atoms with Gasteiger partial charge in [-0.1, -0.05) is 24.9 Å². The Labute approximate surface area is 158 Å². The molecule has 2 fully saturated rings. The fourth-order valence-electron chi connectivity index (χ4n) is 4.64. The van der Waals surface area contributed by atoms with Crippen molar-refractivity contribution in [2.45, 2.75) is 38.2 Å². The Morgan fingerprint density at radius 3 is 3.00 bits per heavy atom. The smallest absolute Gasteiger partial charge is 0.255 e. The van der Waals surface area contributed by atoms with Gasteiger partial charge in [-0.05, 0) is 49.4 Å². The highest BCUT2D eigenvalue weighted by Gasteiger charge is 2.48. The number of likely N-dealkylation sites (tertiary alicyclic amines) is 1. The van der Waals surface area contributed by atoms with Gasteiger partial charge in [0, 0.05) is 31.4 Å². The molecule has 0 bridgehead atoms. The molecular weight excluding hydrogens is 350 g/mol. The van der Waals surface area contributed by atoms with E-state index in [4.69, 9.17) is 11.6 Å². The lowest BCUT2D eigenvalue weighted by atomic mass is 9.69. The molecular formula is C20H24ClN3O2. The minimum Gasteiger partial charge on any atom is -0.390 e. The zero-order valence-electron chi connectivity index (χ0n) is 14.9. The molecule has 0 spiro atoms. The maximum Gasteiger partial charge on any atom is 0.255 e. The van der Waals surface area contributed by atoms with Crippen molar-refractivity contribution in [1.29, 1.82) is 0 Å². The number of benzene rings is 1. The van der Waals surface area contributed by atoms with Crippen molar-refractivity contribution in [1.82, 2.24) is 14.7 Å². The molecule has 1 saturated carbocycles. The molecule has 1 N–H and O–H groups in total. The van der Waals surface area contributed by atoms with Crippen LogP contribution in [-0.2, 0) is 0 Å². The lowest BCUT2D eigenvalue weighted by molar-refractivity contribution is -0.0609. The number of amides is 1. The van der Waals surface area contributed by atoms with Crippen LogP contribution in [0.5, 0.6) is 0 Å². The van der Waals surface area contributed by atoms with E-state index >= 15 is 0 Å². The molecule has 2 heterocycles. The van der Waals surface area contributed by atoms with Gasteiger partial charge >= 0.3 is 0 Å². The third-order valence-electron chi connectivity index (χ3n) is 6.16. The molecule has 1 saturated heterocycles. The molecule has 6 heteroatoms. The zero-order valence-corrected chi connectivity index (χ0v) is 15.7. The van der Waals surface area contributed by atoms with Crippen LogP contribution in [0.15, 0.2) is 36.7 Å². The molecule has 138 valence electrons. The number of aliphatic hydroxyl groups is 1. The highest BCUT2D eigenvalue weighted by molar-refractivity contribution is 6.33. The Hall–Kier alpha value is -1.85. The van der Waals surface area contributed by atoms with Gasteiger partial charge in [-0.2, -0.15) is 5.10 Å². The van der Waals surface area contributed by atoms with Crippen LogP contribution in [0.3, 0.4) is 0 Å². The Bertz CT molecular complexity index is 807. The van der Waals surface area contributed by atoms with Gasteiger partial charge in [0.1, 0.15) is 0 Å². The van der Waals surface area contributed by atoms with Crippen molar-refractivity contribution in [3.63, 3.8) is 0 Å². The number of carbonyl (C=O) groups is 1. The van der Waals surface area contributed by atoms with Crippen LogP contribution < -0.4 is 0 Å². The average molecular weight is 374 g/mol. The molecule has 1 aliphatic heterocycles. The van der Waals surface area contributed by atoms with Crippen LogP contribution in [-0.4, -0.2) is 44.4 Å². The van der Waals surface area contributed by atoms with Crippen LogP contribution in [0, 0.1) is 11.8 Å². The van der Waals surface area contributed by atoms with Gasteiger partial charge in [0.05, 0.1) is 21.9 Å². The lowest BCUT2D eigenvalue weighted by Crippen LogP contribution is -2.44. The number of nitrogens with zero attached hydrogens (tertiary/aromatic N) is 3. The molecule has 0 unspecified atom stereocenters. The standard InChI is InChI=1S/C20H24ClN3O2/c1-2-20(26)8-3-5-14-12-23(13-17(14)20)19(25)16-11-15(6-7-18(16)21)24-10-4-9-22-24/h4,6-7,9-11,14,17,26H,2-3,5,8,12-13H2,1H3/t14-,17+,20-/m0/s1. The molecule has 5 nitrogen and oxygen atoms in total. The lowest BCUT2D eigenvalue weighted by Gasteiger charge is -2.40. The van der Waals surface area contributed by atoms with Gasteiger partial charge in [-0.3, -0.25) is 4.79 Å². The van der Waals surface area contributed by atoms with Crippen molar-refractivity contribution >= 4 is 17.5 Å². The number of aromatic nitrogens is 2. The molecule has 1 amide bonds. The Kier molecular flexibility index (Phi) is 4.53. The second kappa shape index (κ2) is 6.71. The van der Waals surface area contributed by atoms with E-state index in [0.29, 0.717) is 29.6 Å². The summed E-state index contributed by atoms with van der Waals surface area (Å²) < 4.78 is 1.71. The molecule has 3 atom stereocenters. The minimum atomic E-state index is -0.640. The summed E-state index contributed by atoms with van der Waals surface area (Å²) in [5.74, 6) is 0.487. The van der Waals surface area contributed by atoms with Crippen molar-refractivity contribution in [3.05, 3.63) is 47.2 Å². The van der Waals surface area contributed by atoms with Gasteiger partial charge < -0.3 is 10.0 Å². The number of hydrogen-bond donors (Lipinski definition) is 1. The van der Waals surface area contributed by atoms with Gasteiger partial charge in [0.15, 0.2) is 0 Å². The highest BCUT2D eigenvalue weighted by atomic mass is 35.5. The number of hydrogen-bond acceptors (Lipinski definition) is 3. The predicted octanol–water partition coefficient (Wildman–Crippen LogP) is 3.54. The molecule has 1 aromatic carbocycles. The fraction of sp³-hybridized carbons (Fsp3) is 0.500. The van der Waals surface area contributed by atoms with E-state index in [1.807, 2.05) is 30.2 Å². The van der Waals surface area contributed by atoms with Gasteiger partial charge in [-0.15, -0.1) is 0 Å². The van der Waals surface area contributed by atoms with Crippen LogP contribution in [0.4, 0.5) is 0 Å². The van der Waals surface area contributed by atoms with Crippen LogP contribution in [0.2, 0.25) is 5.02 Å². The minimum absolute atomic E-state index is 0.0585. The molecule has 0 radical (unpaired) electrons. The summed E-state index contributed by atoms with van der Waals surface area (Å²) in [6.45, 7) is 3.35.